The lowest BCUT2D eigenvalue weighted by Crippen LogP contribution is -2.35. The van der Waals surface area contributed by atoms with Crippen molar-refractivity contribution in [2.45, 2.75) is 26.3 Å². The number of hydrogen-bond acceptors (Lipinski definition) is 2. The monoisotopic (exact) mass is 376 g/mol. The summed E-state index contributed by atoms with van der Waals surface area (Å²) < 4.78 is 12.9. The molecule has 2 amide bonds. The lowest BCUT2D eigenvalue weighted by atomic mass is 10.1. The van der Waals surface area contributed by atoms with E-state index in [0.717, 1.165) is 11.1 Å². The van der Waals surface area contributed by atoms with Gasteiger partial charge in [0, 0.05) is 38.0 Å². The third-order valence-corrected chi connectivity index (χ3v) is 4.29. The van der Waals surface area contributed by atoms with Crippen LogP contribution in [-0.4, -0.2) is 29.8 Å². The summed E-state index contributed by atoms with van der Waals surface area (Å²) in [6.45, 7) is 2.74. The van der Waals surface area contributed by atoms with Crippen LogP contribution < -0.4 is 5.32 Å². The van der Waals surface area contributed by atoms with Gasteiger partial charge in [-0.1, -0.05) is 35.9 Å². The minimum atomic E-state index is -0.308. The van der Waals surface area contributed by atoms with Crippen LogP contribution >= 0.6 is 11.6 Å². The standard InChI is InChI=1S/C20H22ClFN2O2/c1-15(25)24(12-10-16-2-6-18(21)7-3-16)13-11-20(26)23-14-17-4-8-19(22)9-5-17/h2-9H,10-14H2,1H3,(H,23,26). The molecule has 0 unspecified atom stereocenters. The van der Waals surface area contributed by atoms with Crippen molar-refractivity contribution in [3.8, 4) is 0 Å². The minimum Gasteiger partial charge on any atom is -0.352 e. The number of benzene rings is 2. The lowest BCUT2D eigenvalue weighted by Gasteiger charge is -2.21. The SMILES string of the molecule is CC(=O)N(CCC(=O)NCc1ccc(F)cc1)CCc1ccc(Cl)cc1. The first-order valence-electron chi connectivity index (χ1n) is 8.45. The number of carbonyl (C=O) groups excluding carboxylic acids is 2. The van der Waals surface area contributed by atoms with Gasteiger partial charge >= 0.3 is 0 Å². The summed E-state index contributed by atoms with van der Waals surface area (Å²) in [5, 5.41) is 3.45. The van der Waals surface area contributed by atoms with Crippen molar-refractivity contribution >= 4 is 23.4 Å². The van der Waals surface area contributed by atoms with Crippen LogP contribution in [0.5, 0.6) is 0 Å². The van der Waals surface area contributed by atoms with Crippen LogP contribution in [0.15, 0.2) is 48.5 Å². The Morgan fingerprint density at radius 3 is 2.23 bits per heavy atom. The molecule has 0 bridgehead atoms. The van der Waals surface area contributed by atoms with E-state index in [0.29, 0.717) is 31.1 Å². The largest absolute Gasteiger partial charge is 0.352 e. The number of nitrogens with zero attached hydrogens (tertiary/aromatic N) is 1. The average molecular weight is 377 g/mol. The van der Waals surface area contributed by atoms with Crippen LogP contribution in [0, 0.1) is 5.82 Å². The number of rotatable bonds is 8. The molecule has 6 heteroatoms. The van der Waals surface area contributed by atoms with Crippen molar-refractivity contribution in [2.24, 2.45) is 0 Å². The normalized spacial score (nSPS) is 10.4. The Balaban J connectivity index is 1.76. The summed E-state index contributed by atoms with van der Waals surface area (Å²) in [5.41, 5.74) is 1.91. The molecule has 1 N–H and O–H groups in total. The highest BCUT2D eigenvalue weighted by atomic mass is 35.5. The van der Waals surface area contributed by atoms with E-state index in [1.54, 1.807) is 17.0 Å². The van der Waals surface area contributed by atoms with Gasteiger partial charge in [-0.15, -0.1) is 0 Å². The van der Waals surface area contributed by atoms with E-state index < -0.39 is 0 Å². The van der Waals surface area contributed by atoms with Gasteiger partial charge in [0.05, 0.1) is 0 Å². The van der Waals surface area contributed by atoms with Crippen LogP contribution in [0.3, 0.4) is 0 Å². The van der Waals surface area contributed by atoms with E-state index in [9.17, 15) is 14.0 Å². The van der Waals surface area contributed by atoms with Crippen LogP contribution in [0.2, 0.25) is 5.02 Å². The van der Waals surface area contributed by atoms with Crippen LogP contribution in [0.1, 0.15) is 24.5 Å². The predicted octanol–water partition coefficient (Wildman–Crippen LogP) is 3.58. The molecule has 138 valence electrons. The number of amides is 2. The molecule has 2 aromatic rings. The van der Waals surface area contributed by atoms with Gasteiger partial charge in [-0.25, -0.2) is 4.39 Å². The van der Waals surface area contributed by atoms with Crippen molar-refractivity contribution in [1.29, 1.82) is 0 Å². The zero-order chi connectivity index (χ0) is 18.9. The summed E-state index contributed by atoms with van der Waals surface area (Å²) in [4.78, 5) is 25.4. The molecule has 0 aliphatic heterocycles. The van der Waals surface area contributed by atoms with Gasteiger partial charge < -0.3 is 10.2 Å². The quantitative estimate of drug-likeness (QED) is 0.765. The highest BCUT2D eigenvalue weighted by Gasteiger charge is 2.11. The molecule has 0 saturated carbocycles. The van der Waals surface area contributed by atoms with Crippen molar-refractivity contribution in [1.82, 2.24) is 10.2 Å². The molecular weight excluding hydrogens is 355 g/mol. The van der Waals surface area contributed by atoms with Crippen molar-refractivity contribution < 1.29 is 14.0 Å². The van der Waals surface area contributed by atoms with E-state index in [1.165, 1.54) is 19.1 Å². The smallest absolute Gasteiger partial charge is 0.222 e. The maximum atomic E-state index is 12.9. The molecule has 26 heavy (non-hydrogen) atoms. The van der Waals surface area contributed by atoms with Crippen LogP contribution in [0.4, 0.5) is 4.39 Å². The van der Waals surface area contributed by atoms with E-state index >= 15 is 0 Å². The fourth-order valence-corrected chi connectivity index (χ4v) is 2.60. The second-order valence-electron chi connectivity index (χ2n) is 6.04. The molecule has 2 rings (SSSR count). The first-order chi connectivity index (χ1) is 12.4. The van der Waals surface area contributed by atoms with Gasteiger partial charge in [0.25, 0.3) is 0 Å². The summed E-state index contributed by atoms with van der Waals surface area (Å²) >= 11 is 5.86. The Morgan fingerprint density at radius 1 is 1.00 bits per heavy atom. The van der Waals surface area contributed by atoms with Crippen molar-refractivity contribution in [3.63, 3.8) is 0 Å². The Kier molecular flexibility index (Phi) is 7.60. The van der Waals surface area contributed by atoms with Crippen molar-refractivity contribution in [2.75, 3.05) is 13.1 Å². The highest BCUT2D eigenvalue weighted by Crippen LogP contribution is 2.10. The summed E-state index contributed by atoms with van der Waals surface area (Å²) in [6, 6.07) is 13.5. The molecule has 4 nitrogen and oxygen atoms in total. The molecule has 0 saturated heterocycles. The Morgan fingerprint density at radius 2 is 1.62 bits per heavy atom. The maximum absolute atomic E-state index is 12.9. The first kappa shape index (κ1) is 19.9. The number of nitrogens with one attached hydrogen (secondary N) is 1. The van der Waals surface area contributed by atoms with Gasteiger partial charge in [-0.2, -0.15) is 0 Å². The van der Waals surface area contributed by atoms with Gasteiger partial charge in [0.1, 0.15) is 5.82 Å². The van der Waals surface area contributed by atoms with E-state index in [-0.39, 0.29) is 24.1 Å². The molecule has 0 aliphatic rings. The maximum Gasteiger partial charge on any atom is 0.222 e. The predicted molar refractivity (Wildman–Crippen MR) is 100 cm³/mol. The molecule has 0 aromatic heterocycles. The molecule has 2 aromatic carbocycles. The summed E-state index contributed by atoms with van der Waals surface area (Å²) in [7, 11) is 0. The first-order valence-corrected chi connectivity index (χ1v) is 8.83. The third kappa shape index (κ3) is 6.84. The van der Waals surface area contributed by atoms with Crippen LogP contribution in [0.25, 0.3) is 0 Å². The number of halogens is 2. The zero-order valence-electron chi connectivity index (χ0n) is 14.7. The second kappa shape index (κ2) is 9.92. The minimum absolute atomic E-state index is 0.0645. The molecule has 0 fully saturated rings. The van der Waals surface area contributed by atoms with Gasteiger partial charge in [-0.05, 0) is 41.8 Å². The highest BCUT2D eigenvalue weighted by molar-refractivity contribution is 6.30. The van der Waals surface area contributed by atoms with E-state index in [1.807, 2.05) is 24.3 Å². The lowest BCUT2D eigenvalue weighted by molar-refractivity contribution is -0.129. The molecule has 0 atom stereocenters. The molecular formula is C20H22ClFN2O2. The molecule has 0 aliphatic carbocycles. The van der Waals surface area contributed by atoms with Crippen molar-refractivity contribution in [3.05, 3.63) is 70.5 Å². The number of hydrogen-bond donors (Lipinski definition) is 1. The number of carbonyl (C=O) groups is 2. The molecule has 0 spiro atoms. The third-order valence-electron chi connectivity index (χ3n) is 4.04. The Hall–Kier alpha value is -2.40. The van der Waals surface area contributed by atoms with E-state index in [4.69, 9.17) is 11.6 Å². The van der Waals surface area contributed by atoms with Gasteiger partial charge in [-0.3, -0.25) is 9.59 Å². The van der Waals surface area contributed by atoms with Gasteiger partial charge in [0.15, 0.2) is 0 Å². The summed E-state index contributed by atoms with van der Waals surface area (Å²) in [6.07, 6.45) is 0.926. The average Bonchev–Trinajstić information content (AvgIpc) is 2.62. The molecule has 0 heterocycles. The topological polar surface area (TPSA) is 49.4 Å². The Bertz CT molecular complexity index is 732. The fraction of sp³-hybridized carbons (Fsp3) is 0.300. The Labute approximate surface area is 158 Å². The molecule has 0 radical (unpaired) electrons. The van der Waals surface area contributed by atoms with Gasteiger partial charge in [0.2, 0.25) is 11.8 Å². The fourth-order valence-electron chi connectivity index (χ4n) is 2.47. The van der Waals surface area contributed by atoms with E-state index in [2.05, 4.69) is 5.32 Å². The second-order valence-corrected chi connectivity index (χ2v) is 6.47. The summed E-state index contributed by atoms with van der Waals surface area (Å²) in [5.74, 6) is -0.518. The zero-order valence-corrected chi connectivity index (χ0v) is 15.4. The van der Waals surface area contributed by atoms with Crippen LogP contribution in [-0.2, 0) is 22.6 Å².